The van der Waals surface area contributed by atoms with Crippen molar-refractivity contribution in [1.29, 1.82) is 0 Å². The Morgan fingerprint density at radius 3 is 2.89 bits per heavy atom. The molecule has 1 saturated heterocycles. The number of nitrogens with zero attached hydrogens (tertiary/aromatic N) is 2. The lowest BCUT2D eigenvalue weighted by molar-refractivity contribution is 0.0699. The Labute approximate surface area is 111 Å². The first-order chi connectivity index (χ1) is 9.16. The van der Waals surface area contributed by atoms with E-state index in [1.54, 1.807) is 6.07 Å². The summed E-state index contributed by atoms with van der Waals surface area (Å²) in [5.41, 5.74) is 1.08. The van der Waals surface area contributed by atoms with Crippen molar-refractivity contribution in [1.82, 2.24) is 4.98 Å². The first-order valence-corrected chi connectivity index (χ1v) is 6.56. The van der Waals surface area contributed by atoms with E-state index in [0.717, 1.165) is 30.7 Å². The number of para-hydroxylation sites is 1. The van der Waals surface area contributed by atoms with E-state index < -0.39 is 5.97 Å². The minimum absolute atomic E-state index is 0.333. The van der Waals surface area contributed by atoms with Gasteiger partial charge in [0.2, 0.25) is 0 Å². The highest BCUT2D eigenvalue weighted by molar-refractivity contribution is 6.03. The molecule has 3 rings (SSSR count). The minimum Gasteiger partial charge on any atom is -0.478 e. The molecule has 1 fully saturated rings. The van der Waals surface area contributed by atoms with Crippen LogP contribution in [0.2, 0.25) is 0 Å². The Kier molecular flexibility index (Phi) is 2.85. The van der Waals surface area contributed by atoms with E-state index in [1.807, 2.05) is 24.3 Å². The molecule has 1 aromatic heterocycles. The molecule has 0 saturated carbocycles. The molecule has 1 aliphatic rings. The number of carbonyl (C=O) groups is 1. The van der Waals surface area contributed by atoms with Crippen molar-refractivity contribution in [3.05, 3.63) is 35.9 Å². The molecule has 98 valence electrons. The van der Waals surface area contributed by atoms with Gasteiger partial charge in [0, 0.05) is 18.0 Å². The summed E-state index contributed by atoms with van der Waals surface area (Å²) in [4.78, 5) is 18.2. The predicted molar refractivity (Wildman–Crippen MR) is 74.7 cm³/mol. The van der Waals surface area contributed by atoms with Gasteiger partial charge in [-0.3, -0.25) is 0 Å². The lowest BCUT2D eigenvalue weighted by Crippen LogP contribution is -2.27. The van der Waals surface area contributed by atoms with Crippen LogP contribution in [0.3, 0.4) is 0 Å². The van der Waals surface area contributed by atoms with Crippen LogP contribution in [0.15, 0.2) is 30.3 Å². The molecule has 2 heterocycles. The maximum absolute atomic E-state index is 11.4. The lowest BCUT2D eigenvalue weighted by atomic mass is 10.1. The summed E-state index contributed by atoms with van der Waals surface area (Å²) in [6.45, 7) is 3.11. The van der Waals surface area contributed by atoms with E-state index in [2.05, 4.69) is 16.8 Å². The molecular weight excluding hydrogens is 240 g/mol. The van der Waals surface area contributed by atoms with E-state index >= 15 is 0 Å². The largest absolute Gasteiger partial charge is 0.478 e. The van der Waals surface area contributed by atoms with Gasteiger partial charge in [-0.25, -0.2) is 9.78 Å². The number of benzene rings is 1. The Bertz CT molecular complexity index is 639. The number of hydrogen-bond acceptors (Lipinski definition) is 3. The molecule has 1 aromatic carbocycles. The number of aromatic carboxylic acids is 1. The van der Waals surface area contributed by atoms with Crippen molar-refractivity contribution in [2.24, 2.45) is 0 Å². The van der Waals surface area contributed by atoms with Crippen LogP contribution in [0.1, 0.15) is 30.1 Å². The number of anilines is 1. The summed E-state index contributed by atoms with van der Waals surface area (Å²) in [5.74, 6) is -0.118. The highest BCUT2D eigenvalue weighted by Gasteiger charge is 2.23. The second-order valence-electron chi connectivity index (χ2n) is 5.03. The van der Waals surface area contributed by atoms with Crippen LogP contribution in [0.4, 0.5) is 5.82 Å². The second-order valence-corrected chi connectivity index (χ2v) is 5.03. The van der Waals surface area contributed by atoms with Gasteiger partial charge in [0.15, 0.2) is 0 Å². The molecule has 1 aliphatic heterocycles. The van der Waals surface area contributed by atoms with Gasteiger partial charge in [-0.2, -0.15) is 0 Å². The molecular formula is C15H16N2O2. The van der Waals surface area contributed by atoms with Crippen molar-refractivity contribution in [3.63, 3.8) is 0 Å². The molecule has 0 radical (unpaired) electrons. The molecule has 0 aliphatic carbocycles. The summed E-state index contributed by atoms with van der Waals surface area (Å²) in [6, 6.07) is 9.53. The molecule has 1 unspecified atom stereocenters. The normalized spacial score (nSPS) is 19.0. The highest BCUT2D eigenvalue weighted by atomic mass is 16.4. The number of carboxylic acids is 1. The quantitative estimate of drug-likeness (QED) is 0.897. The average Bonchev–Trinajstić information content (AvgIpc) is 2.83. The molecule has 4 nitrogen and oxygen atoms in total. The Morgan fingerprint density at radius 1 is 1.42 bits per heavy atom. The third-order valence-corrected chi connectivity index (χ3v) is 3.78. The van der Waals surface area contributed by atoms with E-state index in [1.165, 1.54) is 0 Å². The fraction of sp³-hybridized carbons (Fsp3) is 0.333. The first kappa shape index (κ1) is 12.0. The first-order valence-electron chi connectivity index (χ1n) is 6.56. The van der Waals surface area contributed by atoms with Crippen molar-refractivity contribution >= 4 is 22.7 Å². The lowest BCUT2D eigenvalue weighted by Gasteiger charge is -2.23. The van der Waals surface area contributed by atoms with Gasteiger partial charge in [-0.15, -0.1) is 0 Å². The zero-order chi connectivity index (χ0) is 13.4. The van der Waals surface area contributed by atoms with Gasteiger partial charge in [0.05, 0.1) is 11.1 Å². The van der Waals surface area contributed by atoms with E-state index in [9.17, 15) is 9.90 Å². The van der Waals surface area contributed by atoms with Crippen molar-refractivity contribution in [2.75, 3.05) is 11.4 Å². The van der Waals surface area contributed by atoms with Crippen LogP contribution in [0, 0.1) is 0 Å². The third kappa shape index (κ3) is 2.03. The van der Waals surface area contributed by atoms with Gasteiger partial charge < -0.3 is 10.0 Å². The Hall–Kier alpha value is -2.10. The zero-order valence-electron chi connectivity index (χ0n) is 10.8. The molecule has 0 bridgehead atoms. The van der Waals surface area contributed by atoms with Crippen LogP contribution in [-0.4, -0.2) is 28.6 Å². The van der Waals surface area contributed by atoms with Crippen molar-refractivity contribution < 1.29 is 9.90 Å². The van der Waals surface area contributed by atoms with Crippen LogP contribution in [-0.2, 0) is 0 Å². The molecule has 2 aromatic rings. The van der Waals surface area contributed by atoms with E-state index in [4.69, 9.17) is 0 Å². The van der Waals surface area contributed by atoms with Gasteiger partial charge in [-0.1, -0.05) is 18.2 Å². The third-order valence-electron chi connectivity index (χ3n) is 3.78. The van der Waals surface area contributed by atoms with E-state index in [-0.39, 0.29) is 0 Å². The summed E-state index contributed by atoms with van der Waals surface area (Å²) in [5, 5.41) is 10.1. The fourth-order valence-electron chi connectivity index (χ4n) is 2.76. The number of pyridine rings is 1. The summed E-state index contributed by atoms with van der Waals surface area (Å²) in [6.07, 6.45) is 2.27. The van der Waals surface area contributed by atoms with Crippen molar-refractivity contribution in [3.8, 4) is 0 Å². The molecule has 4 heteroatoms. The van der Waals surface area contributed by atoms with Crippen LogP contribution < -0.4 is 4.90 Å². The van der Waals surface area contributed by atoms with Crippen LogP contribution >= 0.6 is 0 Å². The Balaban J connectivity index is 2.18. The number of rotatable bonds is 2. The molecule has 0 amide bonds. The van der Waals surface area contributed by atoms with Crippen LogP contribution in [0.25, 0.3) is 10.9 Å². The highest BCUT2D eigenvalue weighted by Crippen LogP contribution is 2.28. The standard InChI is InChI=1S/C15H16N2O2/c1-10-5-4-8-17(10)14-9-12(15(18)19)11-6-2-3-7-13(11)16-14/h2-3,6-7,9-10H,4-5,8H2,1H3,(H,18,19). The number of carboxylic acid groups (broad SMARTS) is 1. The number of hydrogen-bond donors (Lipinski definition) is 1. The summed E-state index contributed by atoms with van der Waals surface area (Å²) in [7, 11) is 0. The number of aromatic nitrogens is 1. The molecule has 1 atom stereocenters. The minimum atomic E-state index is -0.897. The summed E-state index contributed by atoms with van der Waals surface area (Å²) >= 11 is 0. The maximum atomic E-state index is 11.4. The summed E-state index contributed by atoms with van der Waals surface area (Å²) < 4.78 is 0. The molecule has 0 spiro atoms. The average molecular weight is 256 g/mol. The SMILES string of the molecule is CC1CCCN1c1cc(C(=O)O)c2ccccc2n1. The fourth-order valence-corrected chi connectivity index (χ4v) is 2.76. The van der Waals surface area contributed by atoms with Crippen LogP contribution in [0.5, 0.6) is 0 Å². The smallest absolute Gasteiger partial charge is 0.336 e. The number of fused-ring (bicyclic) bond motifs is 1. The Morgan fingerprint density at radius 2 is 2.21 bits per heavy atom. The van der Waals surface area contributed by atoms with Gasteiger partial charge in [0.1, 0.15) is 5.82 Å². The molecule has 19 heavy (non-hydrogen) atoms. The van der Waals surface area contributed by atoms with Crippen molar-refractivity contribution in [2.45, 2.75) is 25.8 Å². The van der Waals surface area contributed by atoms with Gasteiger partial charge in [-0.05, 0) is 31.9 Å². The predicted octanol–water partition coefficient (Wildman–Crippen LogP) is 2.92. The zero-order valence-corrected chi connectivity index (χ0v) is 10.8. The topological polar surface area (TPSA) is 53.4 Å². The monoisotopic (exact) mass is 256 g/mol. The molecule has 1 N–H and O–H groups in total. The van der Waals surface area contributed by atoms with E-state index in [0.29, 0.717) is 17.0 Å². The second kappa shape index (κ2) is 4.53. The van der Waals surface area contributed by atoms with Gasteiger partial charge >= 0.3 is 5.97 Å². The van der Waals surface area contributed by atoms with Gasteiger partial charge in [0.25, 0.3) is 0 Å². The maximum Gasteiger partial charge on any atom is 0.336 e.